The van der Waals surface area contributed by atoms with E-state index in [9.17, 15) is 13.2 Å². The molecule has 0 aliphatic carbocycles. The van der Waals surface area contributed by atoms with E-state index in [1.807, 2.05) is 0 Å². The number of ether oxygens (including phenoxy) is 1. The first-order valence-electron chi connectivity index (χ1n) is 4.77. The van der Waals surface area contributed by atoms with Crippen molar-refractivity contribution in [2.24, 2.45) is 0 Å². The molecule has 94 valence electrons. The smallest absolute Gasteiger partial charge is 0.204 e. The molecule has 6 heteroatoms. The fraction of sp³-hybridized carbons (Fsp3) is 0.364. The predicted octanol–water partition coefficient (Wildman–Crippen LogP) is 1.88. The summed E-state index contributed by atoms with van der Waals surface area (Å²) in [5, 5.41) is 0. The molecule has 1 rings (SSSR count). The highest BCUT2D eigenvalue weighted by molar-refractivity contribution is 7.94. The molecule has 0 amide bonds. The van der Waals surface area contributed by atoms with Crippen LogP contribution in [0.5, 0.6) is 5.75 Å². The average molecular weight is 277 g/mol. The molecule has 0 spiro atoms. The Kier molecular flexibility index (Phi) is 3.84. The number of ketones is 1. The van der Waals surface area contributed by atoms with E-state index in [0.717, 1.165) is 6.26 Å². The Labute approximate surface area is 105 Å². The summed E-state index contributed by atoms with van der Waals surface area (Å²) < 4.78 is 25.8. The molecule has 0 aliphatic heterocycles. The van der Waals surface area contributed by atoms with E-state index >= 15 is 0 Å². The summed E-state index contributed by atoms with van der Waals surface area (Å²) in [5.41, 5.74) is 0.230. The Hall–Kier alpha value is -1.07. The Bertz CT molecular complexity index is 517. The lowest BCUT2D eigenvalue weighted by Crippen LogP contribution is -2.37. The maximum atomic E-state index is 12.0. The predicted molar refractivity (Wildman–Crippen MR) is 66.4 cm³/mol. The second-order valence-corrected chi connectivity index (χ2v) is 7.09. The number of hydrogen-bond acceptors (Lipinski definition) is 4. The highest BCUT2D eigenvalue weighted by atomic mass is 35.5. The van der Waals surface area contributed by atoms with Crippen molar-refractivity contribution >= 4 is 27.2 Å². The molecule has 0 aromatic heterocycles. The molecule has 4 nitrogen and oxygen atoms in total. The minimum absolute atomic E-state index is 0.230. The van der Waals surface area contributed by atoms with E-state index in [0.29, 0.717) is 5.75 Å². The van der Waals surface area contributed by atoms with Gasteiger partial charge in [-0.3, -0.25) is 4.79 Å². The van der Waals surface area contributed by atoms with Gasteiger partial charge in [0.25, 0.3) is 0 Å². The summed E-state index contributed by atoms with van der Waals surface area (Å²) in [4.78, 5) is 12.0. The summed E-state index contributed by atoms with van der Waals surface area (Å²) in [5.74, 6) is -0.0681. The Morgan fingerprint density at radius 2 is 1.76 bits per heavy atom. The normalized spacial score (nSPS) is 15.1. The zero-order valence-corrected chi connectivity index (χ0v) is 11.3. The zero-order valence-electron chi connectivity index (χ0n) is 9.73. The van der Waals surface area contributed by atoms with E-state index in [1.165, 1.54) is 26.2 Å². The first-order valence-corrected chi connectivity index (χ1v) is 7.04. The van der Waals surface area contributed by atoms with Crippen molar-refractivity contribution in [3.63, 3.8) is 0 Å². The molecule has 1 atom stereocenters. The molecule has 17 heavy (non-hydrogen) atoms. The topological polar surface area (TPSA) is 60.4 Å². The van der Waals surface area contributed by atoms with E-state index in [4.69, 9.17) is 16.3 Å². The molecule has 0 saturated carbocycles. The minimum Gasteiger partial charge on any atom is -0.497 e. The van der Waals surface area contributed by atoms with Crippen LogP contribution in [0, 0.1) is 0 Å². The summed E-state index contributed by atoms with van der Waals surface area (Å²) in [6, 6.07) is 6.10. The van der Waals surface area contributed by atoms with Crippen LogP contribution in [0.2, 0.25) is 0 Å². The van der Waals surface area contributed by atoms with Gasteiger partial charge in [-0.2, -0.15) is 0 Å². The standard InChI is InChI=1S/C11H13ClO4S/c1-11(12,17(3,14)15)10(13)8-4-6-9(16-2)7-5-8/h4-7H,1-3H3. The SMILES string of the molecule is COc1ccc(C(=O)C(C)(Cl)S(C)(=O)=O)cc1. The molecule has 0 heterocycles. The van der Waals surface area contributed by atoms with Crippen molar-refractivity contribution in [3.8, 4) is 5.75 Å². The van der Waals surface area contributed by atoms with E-state index in [1.54, 1.807) is 12.1 Å². The monoisotopic (exact) mass is 276 g/mol. The third-order valence-corrected chi connectivity index (χ3v) is 5.04. The Morgan fingerprint density at radius 1 is 1.29 bits per heavy atom. The lowest BCUT2D eigenvalue weighted by atomic mass is 10.1. The van der Waals surface area contributed by atoms with E-state index in [2.05, 4.69) is 0 Å². The molecular formula is C11H13ClO4S. The Morgan fingerprint density at radius 3 is 2.12 bits per heavy atom. The number of sulfone groups is 1. The summed E-state index contributed by atoms with van der Waals surface area (Å²) in [7, 11) is -2.18. The van der Waals surface area contributed by atoms with E-state index in [-0.39, 0.29) is 5.56 Å². The van der Waals surface area contributed by atoms with Gasteiger partial charge in [-0.1, -0.05) is 11.6 Å². The fourth-order valence-electron chi connectivity index (χ4n) is 1.17. The first kappa shape index (κ1) is 14.0. The summed E-state index contributed by atoms with van der Waals surface area (Å²) in [6.07, 6.45) is 0.932. The van der Waals surface area contributed by atoms with Crippen LogP contribution in [0.3, 0.4) is 0 Å². The van der Waals surface area contributed by atoms with Gasteiger partial charge in [0.15, 0.2) is 15.6 Å². The third-order valence-electron chi connectivity index (χ3n) is 2.45. The summed E-state index contributed by atoms with van der Waals surface area (Å²) in [6.45, 7) is 1.18. The van der Waals surface area contributed by atoms with Crippen LogP contribution in [0.1, 0.15) is 17.3 Å². The number of halogens is 1. The number of alkyl halides is 1. The van der Waals surface area contributed by atoms with Crippen LogP contribution in [0.25, 0.3) is 0 Å². The lowest BCUT2D eigenvalue weighted by molar-refractivity contribution is 0.0978. The number of Topliss-reactive ketones (excluding diaryl/α,β-unsaturated/α-hetero) is 1. The number of carbonyl (C=O) groups excluding carboxylic acids is 1. The second-order valence-electron chi connectivity index (χ2n) is 3.75. The molecular weight excluding hydrogens is 264 g/mol. The molecule has 1 aromatic rings. The van der Waals surface area contributed by atoms with Crippen molar-refractivity contribution in [1.82, 2.24) is 0 Å². The van der Waals surface area contributed by atoms with Gasteiger partial charge in [0, 0.05) is 11.8 Å². The van der Waals surface area contributed by atoms with Crippen LogP contribution < -0.4 is 4.74 Å². The van der Waals surface area contributed by atoms with Gasteiger partial charge < -0.3 is 4.74 Å². The van der Waals surface area contributed by atoms with Crippen LogP contribution in [-0.2, 0) is 9.84 Å². The largest absolute Gasteiger partial charge is 0.497 e. The third kappa shape index (κ3) is 2.79. The van der Waals surface area contributed by atoms with Crippen LogP contribution in [0.15, 0.2) is 24.3 Å². The lowest BCUT2D eigenvalue weighted by Gasteiger charge is -2.18. The van der Waals surface area contributed by atoms with Crippen molar-refractivity contribution in [1.29, 1.82) is 0 Å². The van der Waals surface area contributed by atoms with Gasteiger partial charge in [0.1, 0.15) is 5.75 Å². The van der Waals surface area contributed by atoms with Gasteiger partial charge in [-0.25, -0.2) is 8.42 Å². The molecule has 0 radical (unpaired) electrons. The number of benzene rings is 1. The van der Waals surface area contributed by atoms with Crippen molar-refractivity contribution in [3.05, 3.63) is 29.8 Å². The maximum absolute atomic E-state index is 12.0. The van der Waals surface area contributed by atoms with Crippen LogP contribution >= 0.6 is 11.6 Å². The molecule has 1 unspecified atom stereocenters. The second kappa shape index (κ2) is 4.66. The number of carbonyl (C=O) groups is 1. The fourth-order valence-corrected chi connectivity index (χ4v) is 1.73. The molecule has 0 fully saturated rings. The van der Waals surface area contributed by atoms with Crippen LogP contribution in [0.4, 0.5) is 0 Å². The molecule has 0 saturated heterocycles. The van der Waals surface area contributed by atoms with Gasteiger partial charge in [0.2, 0.25) is 4.21 Å². The highest BCUT2D eigenvalue weighted by Gasteiger charge is 2.41. The summed E-state index contributed by atoms with van der Waals surface area (Å²) >= 11 is 5.80. The van der Waals surface area contributed by atoms with E-state index < -0.39 is 19.8 Å². The average Bonchev–Trinajstić information content (AvgIpc) is 2.26. The molecule has 0 bridgehead atoms. The number of rotatable bonds is 4. The minimum atomic E-state index is -3.68. The van der Waals surface area contributed by atoms with Gasteiger partial charge >= 0.3 is 0 Å². The number of hydrogen-bond donors (Lipinski definition) is 0. The Balaban J connectivity index is 3.13. The van der Waals surface area contributed by atoms with Crippen molar-refractivity contribution < 1.29 is 17.9 Å². The van der Waals surface area contributed by atoms with Gasteiger partial charge in [-0.15, -0.1) is 0 Å². The van der Waals surface area contributed by atoms with Gasteiger partial charge in [-0.05, 0) is 31.2 Å². The number of methoxy groups -OCH3 is 1. The first-order chi connectivity index (χ1) is 7.70. The van der Waals surface area contributed by atoms with Gasteiger partial charge in [0.05, 0.1) is 7.11 Å². The quantitative estimate of drug-likeness (QED) is 0.622. The molecule has 0 N–H and O–H groups in total. The zero-order chi connectivity index (χ0) is 13.3. The highest BCUT2D eigenvalue weighted by Crippen LogP contribution is 2.27. The molecule has 0 aliphatic rings. The van der Waals surface area contributed by atoms with Crippen LogP contribution in [-0.4, -0.2) is 31.8 Å². The van der Waals surface area contributed by atoms with Crippen molar-refractivity contribution in [2.45, 2.75) is 11.1 Å². The molecule has 1 aromatic carbocycles. The van der Waals surface area contributed by atoms with Crippen molar-refractivity contribution in [2.75, 3.05) is 13.4 Å². The maximum Gasteiger partial charge on any atom is 0.204 e.